The van der Waals surface area contributed by atoms with Gasteiger partial charge in [0.2, 0.25) is 0 Å². The van der Waals surface area contributed by atoms with Crippen molar-refractivity contribution >= 4 is 23.6 Å². The minimum atomic E-state index is -0.383. The molecule has 0 radical (unpaired) electrons. The Kier molecular flexibility index (Phi) is 6.40. The number of anilines is 2. The molecule has 3 heterocycles. The topological polar surface area (TPSA) is 109 Å². The van der Waals surface area contributed by atoms with Gasteiger partial charge in [0.05, 0.1) is 45.1 Å². The molecular formula is C22H28N6O4. The van der Waals surface area contributed by atoms with Crippen molar-refractivity contribution in [3.05, 3.63) is 35.5 Å². The monoisotopic (exact) mass is 440 g/mol. The smallest absolute Gasteiger partial charge is 0.410 e. The number of hydrogen-bond acceptors (Lipinski definition) is 7. The molecule has 0 bridgehead atoms. The number of fused-ring (bicyclic) bond motifs is 1. The van der Waals surface area contributed by atoms with E-state index in [0.717, 1.165) is 29.2 Å². The van der Waals surface area contributed by atoms with Gasteiger partial charge in [0.15, 0.2) is 5.82 Å². The second kappa shape index (κ2) is 9.39. The second-order valence-corrected chi connectivity index (χ2v) is 7.80. The van der Waals surface area contributed by atoms with Gasteiger partial charge in [0.25, 0.3) is 0 Å². The van der Waals surface area contributed by atoms with Crippen LogP contribution in [0.3, 0.4) is 0 Å². The molecule has 4 rings (SSSR count). The molecule has 1 aromatic heterocycles. The standard InChI is InChI=1S/C22H28N6O4/c1-4-23-21(29)24-16-7-5-15(6-8-16)19-25-18-12-27(22(30)31-3)11-17(18)20(26-19)28-9-10-32-13-14(28)2/h5-8,14H,4,9-13H2,1-3H3,(H2,23,24,29)/t14-/m0/s1. The maximum Gasteiger partial charge on any atom is 0.410 e. The Balaban J connectivity index is 1.67. The molecule has 2 N–H and O–H groups in total. The van der Waals surface area contributed by atoms with E-state index in [4.69, 9.17) is 19.4 Å². The quantitative estimate of drug-likeness (QED) is 0.752. The summed E-state index contributed by atoms with van der Waals surface area (Å²) >= 11 is 0. The third kappa shape index (κ3) is 4.45. The van der Waals surface area contributed by atoms with Crippen LogP contribution in [0.15, 0.2) is 24.3 Å². The Morgan fingerprint density at radius 3 is 2.69 bits per heavy atom. The maximum absolute atomic E-state index is 12.1. The number of nitrogens with one attached hydrogen (secondary N) is 2. The minimum absolute atomic E-state index is 0.159. The van der Waals surface area contributed by atoms with Gasteiger partial charge in [-0.3, -0.25) is 4.90 Å². The van der Waals surface area contributed by atoms with Gasteiger partial charge >= 0.3 is 12.1 Å². The van der Waals surface area contributed by atoms with Crippen molar-refractivity contribution in [1.82, 2.24) is 20.2 Å². The molecule has 0 spiro atoms. The van der Waals surface area contributed by atoms with E-state index < -0.39 is 0 Å². The number of ether oxygens (including phenoxy) is 2. The molecule has 10 nitrogen and oxygen atoms in total. The predicted molar refractivity (Wildman–Crippen MR) is 119 cm³/mol. The van der Waals surface area contributed by atoms with E-state index in [1.807, 2.05) is 31.2 Å². The van der Waals surface area contributed by atoms with Crippen LogP contribution in [0, 0.1) is 0 Å². The molecular weight excluding hydrogens is 412 g/mol. The van der Waals surface area contributed by atoms with E-state index in [-0.39, 0.29) is 18.2 Å². The van der Waals surface area contributed by atoms with Gasteiger partial charge in [-0.05, 0) is 38.1 Å². The van der Waals surface area contributed by atoms with Crippen molar-refractivity contribution in [3.8, 4) is 11.4 Å². The SMILES string of the molecule is CCNC(=O)Nc1ccc(-c2nc3c(c(N4CCOC[C@@H]4C)n2)CN(C(=O)OC)C3)cc1. The number of methoxy groups -OCH3 is 1. The lowest BCUT2D eigenvalue weighted by atomic mass is 10.1. The summed E-state index contributed by atoms with van der Waals surface area (Å²) in [5, 5.41) is 5.49. The van der Waals surface area contributed by atoms with Crippen molar-refractivity contribution in [2.24, 2.45) is 0 Å². The molecule has 2 aliphatic heterocycles. The highest BCUT2D eigenvalue weighted by Gasteiger charge is 2.33. The van der Waals surface area contributed by atoms with Crippen molar-refractivity contribution < 1.29 is 19.1 Å². The van der Waals surface area contributed by atoms with Crippen molar-refractivity contribution in [1.29, 1.82) is 0 Å². The molecule has 170 valence electrons. The van der Waals surface area contributed by atoms with Gasteiger partial charge in [0.1, 0.15) is 5.82 Å². The first-order valence-electron chi connectivity index (χ1n) is 10.7. The van der Waals surface area contributed by atoms with E-state index in [2.05, 4.69) is 22.5 Å². The Morgan fingerprint density at radius 2 is 2.00 bits per heavy atom. The summed E-state index contributed by atoms with van der Waals surface area (Å²) in [5.74, 6) is 1.41. The summed E-state index contributed by atoms with van der Waals surface area (Å²) in [5.41, 5.74) is 3.27. The Labute approximate surface area is 186 Å². The largest absolute Gasteiger partial charge is 0.453 e. The number of nitrogens with zero attached hydrogens (tertiary/aromatic N) is 4. The van der Waals surface area contributed by atoms with Gasteiger partial charge < -0.3 is 25.0 Å². The Morgan fingerprint density at radius 1 is 1.22 bits per heavy atom. The minimum Gasteiger partial charge on any atom is -0.453 e. The molecule has 3 amide bonds. The van der Waals surface area contributed by atoms with Crippen molar-refractivity contribution in [2.45, 2.75) is 33.0 Å². The van der Waals surface area contributed by atoms with Crippen LogP contribution in [-0.4, -0.2) is 66.4 Å². The molecule has 10 heteroatoms. The van der Waals surface area contributed by atoms with Gasteiger partial charge in [-0.25, -0.2) is 19.6 Å². The van der Waals surface area contributed by atoms with Crippen LogP contribution in [0.4, 0.5) is 21.1 Å². The normalized spacial score (nSPS) is 17.7. The number of amides is 3. The van der Waals surface area contributed by atoms with Crippen LogP contribution in [0.1, 0.15) is 25.1 Å². The lowest BCUT2D eigenvalue weighted by Crippen LogP contribution is -2.44. The van der Waals surface area contributed by atoms with Gasteiger partial charge in [-0.15, -0.1) is 0 Å². The molecule has 1 saturated heterocycles. The van der Waals surface area contributed by atoms with E-state index in [0.29, 0.717) is 44.4 Å². The first kappa shape index (κ1) is 21.8. The van der Waals surface area contributed by atoms with Crippen LogP contribution in [0.25, 0.3) is 11.4 Å². The molecule has 32 heavy (non-hydrogen) atoms. The number of benzene rings is 1. The fraction of sp³-hybridized carbons (Fsp3) is 0.455. The summed E-state index contributed by atoms with van der Waals surface area (Å²) in [7, 11) is 1.38. The number of carbonyl (C=O) groups excluding carboxylic acids is 2. The zero-order chi connectivity index (χ0) is 22.7. The summed E-state index contributed by atoms with van der Waals surface area (Å²) in [6, 6.07) is 7.30. The van der Waals surface area contributed by atoms with Crippen LogP contribution in [0.5, 0.6) is 0 Å². The first-order chi connectivity index (χ1) is 15.5. The zero-order valence-electron chi connectivity index (χ0n) is 18.6. The van der Waals surface area contributed by atoms with Gasteiger partial charge in [-0.2, -0.15) is 0 Å². The van der Waals surface area contributed by atoms with Crippen molar-refractivity contribution in [2.75, 3.05) is 43.6 Å². The summed E-state index contributed by atoms with van der Waals surface area (Å²) in [6.45, 7) is 7.27. The lowest BCUT2D eigenvalue weighted by Gasteiger charge is -2.35. The molecule has 0 aliphatic carbocycles. The number of morpholine rings is 1. The highest BCUT2D eigenvalue weighted by atomic mass is 16.5. The van der Waals surface area contributed by atoms with E-state index >= 15 is 0 Å². The molecule has 1 fully saturated rings. The fourth-order valence-electron chi connectivity index (χ4n) is 3.94. The van der Waals surface area contributed by atoms with Crippen LogP contribution in [0.2, 0.25) is 0 Å². The molecule has 0 saturated carbocycles. The number of carbonyl (C=O) groups is 2. The van der Waals surface area contributed by atoms with E-state index in [1.54, 1.807) is 4.90 Å². The molecule has 1 aromatic carbocycles. The number of rotatable bonds is 4. The molecule has 0 unspecified atom stereocenters. The average Bonchev–Trinajstić information content (AvgIpc) is 3.23. The second-order valence-electron chi connectivity index (χ2n) is 7.80. The van der Waals surface area contributed by atoms with Crippen LogP contribution >= 0.6 is 0 Å². The van der Waals surface area contributed by atoms with Gasteiger partial charge in [0, 0.05) is 29.9 Å². The number of aromatic nitrogens is 2. The van der Waals surface area contributed by atoms with Gasteiger partial charge in [-0.1, -0.05) is 0 Å². The molecule has 2 aliphatic rings. The van der Waals surface area contributed by atoms with E-state index in [9.17, 15) is 9.59 Å². The third-order valence-electron chi connectivity index (χ3n) is 5.57. The number of hydrogen-bond donors (Lipinski definition) is 2. The first-order valence-corrected chi connectivity index (χ1v) is 10.7. The highest BCUT2D eigenvalue weighted by Crippen LogP contribution is 2.33. The predicted octanol–water partition coefficient (Wildman–Crippen LogP) is 2.59. The highest BCUT2D eigenvalue weighted by molar-refractivity contribution is 5.89. The number of urea groups is 1. The van der Waals surface area contributed by atoms with Crippen molar-refractivity contribution in [3.63, 3.8) is 0 Å². The summed E-state index contributed by atoms with van der Waals surface area (Å²) < 4.78 is 10.5. The molecule has 1 atom stereocenters. The van der Waals surface area contributed by atoms with Crippen LogP contribution < -0.4 is 15.5 Å². The fourth-order valence-corrected chi connectivity index (χ4v) is 3.94. The Bertz CT molecular complexity index is 997. The average molecular weight is 441 g/mol. The van der Waals surface area contributed by atoms with Crippen LogP contribution in [-0.2, 0) is 22.6 Å². The third-order valence-corrected chi connectivity index (χ3v) is 5.57. The van der Waals surface area contributed by atoms with E-state index in [1.165, 1.54) is 7.11 Å². The summed E-state index contributed by atoms with van der Waals surface area (Å²) in [6.07, 6.45) is -0.383. The lowest BCUT2D eigenvalue weighted by molar-refractivity contribution is 0.0983. The zero-order valence-corrected chi connectivity index (χ0v) is 18.6. The maximum atomic E-state index is 12.1. The Hall–Kier alpha value is -3.40. The summed E-state index contributed by atoms with van der Waals surface area (Å²) in [4.78, 5) is 37.4. The molecule has 2 aromatic rings.